The van der Waals surface area contributed by atoms with E-state index >= 15 is 0 Å². The predicted octanol–water partition coefficient (Wildman–Crippen LogP) is 7.05. The van der Waals surface area contributed by atoms with E-state index in [0.717, 1.165) is 18.4 Å². The molecule has 0 amide bonds. The number of allylic oxidation sites excluding steroid dienone is 5. The van der Waals surface area contributed by atoms with Crippen LogP contribution in [0.15, 0.2) is 52.8 Å². The van der Waals surface area contributed by atoms with Gasteiger partial charge in [0.2, 0.25) is 0 Å². The monoisotopic (exact) mass is 482 g/mol. The second kappa shape index (κ2) is 10.9. The van der Waals surface area contributed by atoms with E-state index in [9.17, 15) is 15.3 Å². The van der Waals surface area contributed by atoms with E-state index < -0.39 is 17.8 Å². The van der Waals surface area contributed by atoms with Crippen molar-refractivity contribution in [2.45, 2.75) is 118 Å². The summed E-state index contributed by atoms with van der Waals surface area (Å²) in [5, 5.41) is 30.7. The van der Waals surface area contributed by atoms with Gasteiger partial charge in [-0.1, -0.05) is 56.2 Å². The van der Waals surface area contributed by atoms with Crippen LogP contribution in [-0.2, 0) is 0 Å². The van der Waals surface area contributed by atoms with E-state index in [1.165, 1.54) is 30.4 Å². The lowest BCUT2D eigenvalue weighted by Gasteiger charge is -2.53. The first-order valence-corrected chi connectivity index (χ1v) is 13.9. The second-order valence-electron chi connectivity index (χ2n) is 12.5. The summed E-state index contributed by atoms with van der Waals surface area (Å²) in [5.74, 6) is 1.12. The van der Waals surface area contributed by atoms with Crippen LogP contribution in [0.5, 0.6) is 0 Å². The maximum absolute atomic E-state index is 10.4. The Hall–Kier alpha value is -1.38. The first-order chi connectivity index (χ1) is 16.3. The quantitative estimate of drug-likeness (QED) is 0.281. The molecule has 0 radical (unpaired) electrons. The maximum atomic E-state index is 10.4. The molecule has 3 rings (SSSR count). The van der Waals surface area contributed by atoms with Crippen molar-refractivity contribution in [2.24, 2.45) is 28.6 Å². The Morgan fingerprint density at radius 1 is 1.09 bits per heavy atom. The summed E-state index contributed by atoms with van der Waals surface area (Å²) in [6.07, 6.45) is 18.0. The minimum atomic E-state index is -0.709. The lowest BCUT2D eigenvalue weighted by molar-refractivity contribution is 0.0427. The molecule has 0 aromatic rings. The third-order valence-electron chi connectivity index (χ3n) is 9.83. The smallest absolute Gasteiger partial charge is 0.0651 e. The van der Waals surface area contributed by atoms with Gasteiger partial charge in [-0.25, -0.2) is 0 Å². The van der Waals surface area contributed by atoms with Crippen molar-refractivity contribution in [1.82, 2.24) is 0 Å². The molecule has 3 saturated carbocycles. The van der Waals surface area contributed by atoms with Crippen LogP contribution in [0.4, 0.5) is 0 Å². The largest absolute Gasteiger partial charge is 0.393 e. The van der Waals surface area contributed by atoms with Crippen molar-refractivity contribution in [2.75, 3.05) is 0 Å². The fourth-order valence-corrected chi connectivity index (χ4v) is 7.58. The molecule has 0 saturated heterocycles. The molecule has 0 aromatic carbocycles. The summed E-state index contributed by atoms with van der Waals surface area (Å²) in [6.45, 7) is 15.1. The molecule has 3 heteroatoms. The Morgan fingerprint density at radius 3 is 2.34 bits per heavy atom. The number of hydrogen-bond acceptors (Lipinski definition) is 3. The van der Waals surface area contributed by atoms with Gasteiger partial charge < -0.3 is 15.3 Å². The molecule has 3 aliphatic rings. The predicted molar refractivity (Wildman–Crippen MR) is 146 cm³/mol. The molecule has 35 heavy (non-hydrogen) atoms. The number of rotatable bonds is 6. The summed E-state index contributed by atoms with van der Waals surface area (Å²) in [7, 11) is 0. The van der Waals surface area contributed by atoms with Crippen molar-refractivity contribution in [3.05, 3.63) is 52.8 Å². The number of fused-ring (bicyclic) bond motifs is 1. The Morgan fingerprint density at radius 2 is 1.74 bits per heavy atom. The molecular weight excluding hydrogens is 432 g/mol. The van der Waals surface area contributed by atoms with E-state index in [4.69, 9.17) is 0 Å². The molecule has 0 heterocycles. The van der Waals surface area contributed by atoms with Crippen LogP contribution >= 0.6 is 0 Å². The summed E-state index contributed by atoms with van der Waals surface area (Å²) < 4.78 is 0. The van der Waals surface area contributed by atoms with Crippen molar-refractivity contribution in [3.8, 4) is 0 Å². The zero-order valence-electron chi connectivity index (χ0n) is 23.3. The van der Waals surface area contributed by atoms with Gasteiger partial charge >= 0.3 is 0 Å². The van der Waals surface area contributed by atoms with Crippen molar-refractivity contribution in [1.29, 1.82) is 0 Å². The highest BCUT2D eigenvalue weighted by Gasteiger charge is 2.61. The average molecular weight is 483 g/mol. The molecule has 0 bridgehead atoms. The highest BCUT2D eigenvalue weighted by molar-refractivity contribution is 5.40. The third-order valence-corrected chi connectivity index (χ3v) is 9.83. The molecule has 3 fully saturated rings. The minimum absolute atomic E-state index is 0.00461. The highest BCUT2D eigenvalue weighted by Crippen LogP contribution is 2.69. The summed E-state index contributed by atoms with van der Waals surface area (Å²) in [5.41, 5.74) is 7.05. The fourth-order valence-electron chi connectivity index (χ4n) is 7.58. The van der Waals surface area contributed by atoms with Gasteiger partial charge in [-0.2, -0.15) is 0 Å². The van der Waals surface area contributed by atoms with Gasteiger partial charge in [0.25, 0.3) is 0 Å². The molecule has 0 spiro atoms. The molecule has 196 valence electrons. The Kier molecular flexibility index (Phi) is 8.81. The first-order valence-electron chi connectivity index (χ1n) is 13.9. The minimum Gasteiger partial charge on any atom is -0.393 e. The standard InChI is InChI=1S/C32H50O3/c1-8-10-24(4)32-18-16-29(22(2)12-13-23(3)30(5,6)35)31(32,7)17-9-11-26(32)15-14-25-19-27(33)21-28(34)20-25/h8,12-15,22-23,27-29,33-35H,9,11,16-21H2,1-7H3. The van der Waals surface area contributed by atoms with Crippen LogP contribution in [-0.4, -0.2) is 33.1 Å². The Labute approximate surface area is 214 Å². The fraction of sp³-hybridized carbons (Fsp3) is 0.719. The lowest BCUT2D eigenvalue weighted by atomic mass is 9.50. The van der Waals surface area contributed by atoms with E-state index in [1.807, 2.05) is 13.8 Å². The topological polar surface area (TPSA) is 60.7 Å². The van der Waals surface area contributed by atoms with E-state index in [-0.39, 0.29) is 16.7 Å². The molecule has 3 aliphatic carbocycles. The SMILES string of the molecule is CC=C=C(C)C12CCC(C(C)C=CC(C)C(C)(C)O)C1(C)CCCC2=CC=C1CC(O)CC(O)C1. The third kappa shape index (κ3) is 5.64. The van der Waals surface area contributed by atoms with Crippen LogP contribution in [0, 0.1) is 28.6 Å². The average Bonchev–Trinajstić information content (AvgIpc) is 3.09. The van der Waals surface area contributed by atoms with Crippen LogP contribution in [0.3, 0.4) is 0 Å². The number of hydrogen-bond donors (Lipinski definition) is 3. The van der Waals surface area contributed by atoms with Gasteiger partial charge in [0, 0.05) is 11.3 Å². The molecule has 3 nitrogen and oxygen atoms in total. The summed E-state index contributed by atoms with van der Waals surface area (Å²) >= 11 is 0. The van der Waals surface area contributed by atoms with Gasteiger partial charge in [-0.05, 0) is 108 Å². The van der Waals surface area contributed by atoms with Crippen LogP contribution in [0.2, 0.25) is 0 Å². The van der Waals surface area contributed by atoms with Gasteiger partial charge in [-0.15, -0.1) is 5.73 Å². The molecule has 7 atom stereocenters. The molecular formula is C32H50O3. The van der Waals surface area contributed by atoms with E-state index in [1.54, 1.807) is 0 Å². The van der Waals surface area contributed by atoms with Crippen LogP contribution in [0.1, 0.15) is 99.8 Å². The van der Waals surface area contributed by atoms with Crippen LogP contribution < -0.4 is 0 Å². The molecule has 3 N–H and O–H groups in total. The van der Waals surface area contributed by atoms with Gasteiger partial charge in [0.1, 0.15) is 0 Å². The second-order valence-corrected chi connectivity index (χ2v) is 12.5. The number of aliphatic hydroxyl groups excluding tert-OH is 2. The number of aliphatic hydroxyl groups is 3. The molecule has 0 aliphatic heterocycles. The summed E-state index contributed by atoms with van der Waals surface area (Å²) in [4.78, 5) is 0. The van der Waals surface area contributed by atoms with Crippen molar-refractivity contribution < 1.29 is 15.3 Å². The van der Waals surface area contributed by atoms with Crippen molar-refractivity contribution >= 4 is 0 Å². The van der Waals surface area contributed by atoms with Crippen molar-refractivity contribution in [3.63, 3.8) is 0 Å². The Bertz CT molecular complexity index is 898. The first kappa shape index (κ1) is 28.2. The van der Waals surface area contributed by atoms with Gasteiger partial charge in [0.05, 0.1) is 17.8 Å². The van der Waals surface area contributed by atoms with E-state index in [0.29, 0.717) is 31.1 Å². The van der Waals surface area contributed by atoms with Crippen LogP contribution in [0.25, 0.3) is 0 Å². The Balaban J connectivity index is 2.00. The zero-order chi connectivity index (χ0) is 26.0. The lowest BCUT2D eigenvalue weighted by Crippen LogP contribution is -2.45. The highest BCUT2D eigenvalue weighted by atomic mass is 16.3. The van der Waals surface area contributed by atoms with Gasteiger partial charge in [0.15, 0.2) is 0 Å². The summed E-state index contributed by atoms with van der Waals surface area (Å²) in [6, 6.07) is 0. The zero-order valence-corrected chi connectivity index (χ0v) is 23.3. The van der Waals surface area contributed by atoms with E-state index in [2.05, 4.69) is 70.7 Å². The molecule has 7 unspecified atom stereocenters. The maximum Gasteiger partial charge on any atom is 0.0651 e. The molecule has 0 aromatic heterocycles. The van der Waals surface area contributed by atoms with Gasteiger partial charge in [-0.3, -0.25) is 0 Å². The normalized spacial score (nSPS) is 36.6.